The number of Topliss-reactive ketones (excluding diaryl/α,β-unsaturated/α-hetero) is 1. The number of halogens is 1. The normalized spacial score (nSPS) is 10.8. The Labute approximate surface area is 120 Å². The Bertz CT molecular complexity index is 756. The molecule has 0 saturated heterocycles. The van der Waals surface area contributed by atoms with Crippen LogP contribution in [0.2, 0.25) is 5.02 Å². The van der Waals surface area contributed by atoms with Gasteiger partial charge in [-0.05, 0) is 30.7 Å². The molecule has 0 saturated carbocycles. The Morgan fingerprint density at radius 2 is 1.74 bits per heavy atom. The van der Waals surface area contributed by atoms with Crippen LogP contribution in [0.15, 0.2) is 48.5 Å². The van der Waals surface area contributed by atoms with E-state index in [1.807, 2.05) is 48.5 Å². The Morgan fingerprint density at radius 1 is 1.05 bits per heavy atom. The summed E-state index contributed by atoms with van der Waals surface area (Å²) < 4.78 is 1.14. The molecule has 0 aliphatic rings. The molecule has 2 aromatic carbocycles. The van der Waals surface area contributed by atoms with Crippen LogP contribution in [0, 0.1) is 0 Å². The molecule has 0 bridgehead atoms. The molecule has 3 rings (SSSR count). The molecular formula is C16H11ClOS. The maximum absolute atomic E-state index is 12.0. The van der Waals surface area contributed by atoms with Gasteiger partial charge in [0, 0.05) is 25.5 Å². The van der Waals surface area contributed by atoms with Gasteiger partial charge >= 0.3 is 0 Å². The summed E-state index contributed by atoms with van der Waals surface area (Å²) >= 11 is 7.56. The number of hydrogen-bond donors (Lipinski definition) is 0. The molecule has 0 unspecified atom stereocenters. The lowest BCUT2D eigenvalue weighted by Crippen LogP contribution is -1.92. The predicted octanol–water partition coefficient (Wildman–Crippen LogP) is 5.42. The topological polar surface area (TPSA) is 17.1 Å². The fraction of sp³-hybridized carbons (Fsp3) is 0.0625. The third-order valence-corrected chi connectivity index (χ3v) is 4.53. The molecule has 0 fully saturated rings. The Balaban J connectivity index is 2.31. The Hall–Kier alpha value is -1.64. The van der Waals surface area contributed by atoms with E-state index in [-0.39, 0.29) is 5.78 Å². The van der Waals surface area contributed by atoms with Crippen molar-refractivity contribution < 1.29 is 4.79 Å². The summed E-state index contributed by atoms with van der Waals surface area (Å²) in [6, 6.07) is 15.6. The molecule has 3 aromatic rings. The van der Waals surface area contributed by atoms with E-state index in [0.29, 0.717) is 5.02 Å². The standard InChI is InChI=1S/C16H11ClOS/c1-10(18)15-13-4-2-3-5-14(13)19-16(15)11-6-8-12(17)9-7-11/h2-9H,1H3. The third-order valence-electron chi connectivity index (χ3n) is 3.05. The van der Waals surface area contributed by atoms with Gasteiger partial charge < -0.3 is 0 Å². The van der Waals surface area contributed by atoms with Crippen molar-refractivity contribution in [1.82, 2.24) is 0 Å². The molecule has 1 aromatic heterocycles. The highest BCUT2D eigenvalue weighted by Crippen LogP contribution is 2.39. The molecule has 19 heavy (non-hydrogen) atoms. The third kappa shape index (κ3) is 2.18. The monoisotopic (exact) mass is 286 g/mol. The minimum Gasteiger partial charge on any atom is -0.294 e. The van der Waals surface area contributed by atoms with Gasteiger partial charge in [0.25, 0.3) is 0 Å². The molecule has 1 heterocycles. The van der Waals surface area contributed by atoms with Crippen LogP contribution in [-0.2, 0) is 0 Å². The molecule has 94 valence electrons. The van der Waals surface area contributed by atoms with Crippen molar-refractivity contribution in [2.24, 2.45) is 0 Å². The Morgan fingerprint density at radius 3 is 2.42 bits per heavy atom. The van der Waals surface area contributed by atoms with E-state index < -0.39 is 0 Å². The molecule has 0 aliphatic heterocycles. The molecular weight excluding hydrogens is 276 g/mol. The highest BCUT2D eigenvalue weighted by Gasteiger charge is 2.16. The summed E-state index contributed by atoms with van der Waals surface area (Å²) in [6.45, 7) is 1.62. The summed E-state index contributed by atoms with van der Waals surface area (Å²) in [6.07, 6.45) is 0. The van der Waals surface area contributed by atoms with E-state index in [9.17, 15) is 4.79 Å². The maximum Gasteiger partial charge on any atom is 0.161 e. The second kappa shape index (κ2) is 4.80. The van der Waals surface area contributed by atoms with Gasteiger partial charge in [-0.15, -0.1) is 11.3 Å². The van der Waals surface area contributed by atoms with Gasteiger partial charge in [-0.25, -0.2) is 0 Å². The minimum absolute atomic E-state index is 0.0994. The predicted molar refractivity (Wildman–Crippen MR) is 82.3 cm³/mol. The molecule has 0 spiro atoms. The molecule has 0 amide bonds. The van der Waals surface area contributed by atoms with Gasteiger partial charge in [0.15, 0.2) is 5.78 Å². The molecule has 0 N–H and O–H groups in total. The van der Waals surface area contributed by atoms with Crippen LogP contribution in [0.3, 0.4) is 0 Å². The maximum atomic E-state index is 12.0. The molecule has 0 radical (unpaired) electrons. The second-order valence-electron chi connectivity index (χ2n) is 4.37. The van der Waals surface area contributed by atoms with Crippen molar-refractivity contribution in [1.29, 1.82) is 0 Å². The van der Waals surface area contributed by atoms with E-state index in [1.165, 1.54) is 0 Å². The number of thiophene rings is 1. The zero-order valence-corrected chi connectivity index (χ0v) is 11.9. The van der Waals surface area contributed by atoms with E-state index in [4.69, 9.17) is 11.6 Å². The number of ketones is 1. The van der Waals surface area contributed by atoms with Crippen molar-refractivity contribution in [3.05, 3.63) is 59.1 Å². The van der Waals surface area contributed by atoms with Gasteiger partial charge in [0.05, 0.1) is 0 Å². The quantitative estimate of drug-likeness (QED) is 0.575. The van der Waals surface area contributed by atoms with Crippen molar-refractivity contribution in [3.8, 4) is 10.4 Å². The number of carbonyl (C=O) groups excluding carboxylic acids is 1. The van der Waals surface area contributed by atoms with Gasteiger partial charge in [0.2, 0.25) is 0 Å². The van der Waals surface area contributed by atoms with Crippen LogP contribution >= 0.6 is 22.9 Å². The number of fused-ring (bicyclic) bond motifs is 1. The SMILES string of the molecule is CC(=O)c1c(-c2ccc(Cl)cc2)sc2ccccc12. The minimum atomic E-state index is 0.0994. The van der Waals surface area contributed by atoms with Crippen LogP contribution in [0.25, 0.3) is 20.5 Å². The first kappa shape index (κ1) is 12.4. The molecule has 0 atom stereocenters. The first-order valence-electron chi connectivity index (χ1n) is 5.95. The fourth-order valence-corrected chi connectivity index (χ4v) is 3.58. The van der Waals surface area contributed by atoms with Gasteiger partial charge in [-0.1, -0.05) is 41.9 Å². The zero-order valence-electron chi connectivity index (χ0n) is 10.3. The van der Waals surface area contributed by atoms with Crippen LogP contribution < -0.4 is 0 Å². The van der Waals surface area contributed by atoms with Crippen molar-refractivity contribution in [2.45, 2.75) is 6.92 Å². The summed E-state index contributed by atoms with van der Waals surface area (Å²) in [5, 5.41) is 1.74. The lowest BCUT2D eigenvalue weighted by Gasteiger charge is -2.01. The van der Waals surface area contributed by atoms with Crippen LogP contribution in [0.1, 0.15) is 17.3 Å². The zero-order chi connectivity index (χ0) is 13.4. The van der Waals surface area contributed by atoms with E-state index in [0.717, 1.165) is 26.1 Å². The fourth-order valence-electron chi connectivity index (χ4n) is 2.20. The second-order valence-corrected chi connectivity index (χ2v) is 5.85. The van der Waals surface area contributed by atoms with Crippen LogP contribution in [0.4, 0.5) is 0 Å². The summed E-state index contributed by atoms with van der Waals surface area (Å²) in [5.74, 6) is 0.0994. The van der Waals surface area contributed by atoms with E-state index in [2.05, 4.69) is 0 Å². The average Bonchev–Trinajstić information content (AvgIpc) is 2.78. The van der Waals surface area contributed by atoms with Crippen molar-refractivity contribution in [2.75, 3.05) is 0 Å². The molecule has 0 aliphatic carbocycles. The highest BCUT2D eigenvalue weighted by molar-refractivity contribution is 7.22. The number of carbonyl (C=O) groups is 1. The number of hydrogen-bond acceptors (Lipinski definition) is 2. The van der Waals surface area contributed by atoms with Gasteiger partial charge in [-0.3, -0.25) is 4.79 Å². The van der Waals surface area contributed by atoms with Crippen molar-refractivity contribution in [3.63, 3.8) is 0 Å². The van der Waals surface area contributed by atoms with Crippen molar-refractivity contribution >= 4 is 38.8 Å². The van der Waals surface area contributed by atoms with E-state index >= 15 is 0 Å². The molecule has 3 heteroatoms. The first-order chi connectivity index (χ1) is 9.16. The average molecular weight is 287 g/mol. The lowest BCUT2D eigenvalue weighted by molar-refractivity contribution is 0.102. The van der Waals surface area contributed by atoms with Crippen LogP contribution in [0.5, 0.6) is 0 Å². The smallest absolute Gasteiger partial charge is 0.161 e. The van der Waals surface area contributed by atoms with Gasteiger partial charge in [0.1, 0.15) is 0 Å². The van der Waals surface area contributed by atoms with E-state index in [1.54, 1.807) is 18.3 Å². The number of benzene rings is 2. The number of rotatable bonds is 2. The lowest BCUT2D eigenvalue weighted by atomic mass is 10.0. The Kier molecular flexibility index (Phi) is 3.13. The summed E-state index contributed by atoms with van der Waals surface area (Å²) in [4.78, 5) is 13.0. The molecule has 1 nitrogen and oxygen atoms in total. The summed E-state index contributed by atoms with van der Waals surface area (Å²) in [7, 11) is 0. The highest BCUT2D eigenvalue weighted by atomic mass is 35.5. The largest absolute Gasteiger partial charge is 0.294 e. The van der Waals surface area contributed by atoms with Gasteiger partial charge in [-0.2, -0.15) is 0 Å². The summed E-state index contributed by atoms with van der Waals surface area (Å²) in [5.41, 5.74) is 1.85. The first-order valence-corrected chi connectivity index (χ1v) is 7.14. The van der Waals surface area contributed by atoms with Crippen LogP contribution in [-0.4, -0.2) is 5.78 Å².